The smallest absolute Gasteiger partial charge is 0.313 e. The minimum Gasteiger partial charge on any atom is -0.313 e. The van der Waals surface area contributed by atoms with Gasteiger partial charge in [-0.2, -0.15) is 13.2 Å². The van der Waals surface area contributed by atoms with Gasteiger partial charge in [0.2, 0.25) is 0 Å². The van der Waals surface area contributed by atoms with Gasteiger partial charge in [0.15, 0.2) is 0 Å². The molecule has 0 saturated heterocycles. The zero-order valence-electron chi connectivity index (χ0n) is 12.4. The third-order valence-electron chi connectivity index (χ3n) is 4.10. The molecule has 4 unspecified atom stereocenters. The molecule has 0 heterocycles. The first-order valence-electron chi connectivity index (χ1n) is 7.32. The number of hydrogen-bond donors (Lipinski definition) is 1. The topological polar surface area (TPSA) is 15.3 Å². The van der Waals surface area contributed by atoms with E-state index in [9.17, 15) is 13.2 Å². The zero-order valence-corrected chi connectivity index (χ0v) is 12.4. The first kappa shape index (κ1) is 16.8. The minimum atomic E-state index is -4.12. The number of halogens is 3. The largest absolute Gasteiger partial charge is 0.401 e. The third-order valence-corrected chi connectivity index (χ3v) is 4.10. The Morgan fingerprint density at radius 2 is 1.79 bits per heavy atom. The second kappa shape index (κ2) is 6.93. The van der Waals surface area contributed by atoms with E-state index in [0.717, 1.165) is 19.4 Å². The van der Waals surface area contributed by atoms with Crippen molar-refractivity contribution in [1.82, 2.24) is 10.2 Å². The van der Waals surface area contributed by atoms with Crippen LogP contribution in [-0.4, -0.2) is 42.8 Å². The number of likely N-dealkylation sites (N-methyl/N-ethyl adjacent to an activating group) is 2. The molecule has 1 aliphatic rings. The summed E-state index contributed by atoms with van der Waals surface area (Å²) in [5.41, 5.74) is 0. The van der Waals surface area contributed by atoms with E-state index in [4.69, 9.17) is 0 Å². The summed E-state index contributed by atoms with van der Waals surface area (Å²) in [4.78, 5) is 1.60. The van der Waals surface area contributed by atoms with Crippen LogP contribution in [0.2, 0.25) is 0 Å². The zero-order chi connectivity index (χ0) is 14.6. The molecule has 1 aliphatic carbocycles. The van der Waals surface area contributed by atoms with E-state index in [1.807, 2.05) is 13.8 Å². The molecule has 0 bridgehead atoms. The summed E-state index contributed by atoms with van der Waals surface area (Å²) in [6.07, 6.45) is -2.13. The van der Waals surface area contributed by atoms with Crippen LogP contribution in [0.5, 0.6) is 0 Å². The van der Waals surface area contributed by atoms with E-state index in [-0.39, 0.29) is 12.1 Å². The number of rotatable bonds is 5. The van der Waals surface area contributed by atoms with Crippen molar-refractivity contribution in [3.05, 3.63) is 0 Å². The summed E-state index contributed by atoms with van der Waals surface area (Å²) in [5, 5.41) is 3.39. The van der Waals surface area contributed by atoms with E-state index in [0.29, 0.717) is 18.4 Å². The Balaban J connectivity index is 2.83. The fourth-order valence-corrected chi connectivity index (χ4v) is 3.58. The molecule has 114 valence electrons. The Kier molecular flexibility index (Phi) is 6.12. The SMILES string of the molecule is CCNC1CC(C)CC(C)C1N(CC)CC(F)(F)F. The molecule has 1 saturated carbocycles. The molecule has 1 N–H and O–H groups in total. The standard InChI is InChI=1S/C14H27F3N2/c1-5-18-12-8-10(3)7-11(4)13(12)19(6-2)9-14(15,16)17/h10-13,18H,5-9H2,1-4H3. The monoisotopic (exact) mass is 280 g/mol. The van der Waals surface area contributed by atoms with Crippen molar-refractivity contribution in [2.24, 2.45) is 11.8 Å². The molecule has 2 nitrogen and oxygen atoms in total. The van der Waals surface area contributed by atoms with Crippen LogP contribution < -0.4 is 5.32 Å². The predicted octanol–water partition coefficient (Wildman–Crippen LogP) is 3.28. The van der Waals surface area contributed by atoms with Crippen LogP contribution >= 0.6 is 0 Å². The van der Waals surface area contributed by atoms with Gasteiger partial charge in [0, 0.05) is 12.1 Å². The molecule has 0 spiro atoms. The van der Waals surface area contributed by atoms with Gasteiger partial charge in [0.1, 0.15) is 0 Å². The molecule has 0 aromatic heterocycles. The fraction of sp³-hybridized carbons (Fsp3) is 1.00. The Labute approximate surface area is 114 Å². The second-order valence-electron chi connectivity index (χ2n) is 5.89. The highest BCUT2D eigenvalue weighted by atomic mass is 19.4. The van der Waals surface area contributed by atoms with Crippen molar-refractivity contribution in [1.29, 1.82) is 0 Å². The lowest BCUT2D eigenvalue weighted by atomic mass is 9.75. The number of nitrogens with zero attached hydrogens (tertiary/aromatic N) is 1. The van der Waals surface area contributed by atoms with Crippen LogP contribution in [0.25, 0.3) is 0 Å². The molecular formula is C14H27F3N2. The summed E-state index contributed by atoms with van der Waals surface area (Å²) in [6.45, 7) is 8.57. The van der Waals surface area contributed by atoms with E-state index in [2.05, 4.69) is 19.2 Å². The molecule has 0 aromatic rings. The average Bonchev–Trinajstić information content (AvgIpc) is 2.25. The van der Waals surface area contributed by atoms with Gasteiger partial charge in [0.25, 0.3) is 0 Å². The summed E-state index contributed by atoms with van der Waals surface area (Å²) >= 11 is 0. The normalized spacial score (nSPS) is 32.8. The number of hydrogen-bond acceptors (Lipinski definition) is 2. The summed E-state index contributed by atoms with van der Waals surface area (Å²) in [5.74, 6) is 0.884. The molecule has 1 rings (SSSR count). The van der Waals surface area contributed by atoms with E-state index >= 15 is 0 Å². The van der Waals surface area contributed by atoms with Crippen LogP contribution in [0.4, 0.5) is 13.2 Å². The molecule has 4 atom stereocenters. The lowest BCUT2D eigenvalue weighted by Crippen LogP contribution is -2.58. The maximum atomic E-state index is 12.7. The third kappa shape index (κ3) is 4.95. The summed E-state index contributed by atoms with van der Waals surface area (Å²) < 4.78 is 38.1. The first-order valence-corrected chi connectivity index (χ1v) is 7.32. The van der Waals surface area contributed by atoms with Crippen molar-refractivity contribution in [2.75, 3.05) is 19.6 Å². The van der Waals surface area contributed by atoms with Crippen LogP contribution in [0.3, 0.4) is 0 Å². The molecule has 19 heavy (non-hydrogen) atoms. The maximum absolute atomic E-state index is 12.7. The van der Waals surface area contributed by atoms with Gasteiger partial charge in [-0.3, -0.25) is 4.90 Å². The Bertz CT molecular complexity index is 268. The van der Waals surface area contributed by atoms with Gasteiger partial charge in [-0.15, -0.1) is 0 Å². The van der Waals surface area contributed by atoms with Gasteiger partial charge in [-0.05, 0) is 37.8 Å². The van der Waals surface area contributed by atoms with Crippen molar-refractivity contribution in [3.8, 4) is 0 Å². The van der Waals surface area contributed by atoms with E-state index < -0.39 is 12.7 Å². The Morgan fingerprint density at radius 3 is 2.26 bits per heavy atom. The Morgan fingerprint density at radius 1 is 1.16 bits per heavy atom. The fourth-order valence-electron chi connectivity index (χ4n) is 3.58. The lowest BCUT2D eigenvalue weighted by molar-refractivity contribution is -0.156. The molecule has 0 aliphatic heterocycles. The molecule has 5 heteroatoms. The second-order valence-corrected chi connectivity index (χ2v) is 5.89. The number of alkyl halides is 3. The van der Waals surface area contributed by atoms with Crippen LogP contribution in [-0.2, 0) is 0 Å². The van der Waals surface area contributed by atoms with Crippen molar-refractivity contribution in [2.45, 2.75) is 58.8 Å². The molecule has 0 radical (unpaired) electrons. The van der Waals surface area contributed by atoms with Crippen LogP contribution in [0.1, 0.15) is 40.5 Å². The summed E-state index contributed by atoms with van der Waals surface area (Å²) in [7, 11) is 0. The molecule has 0 amide bonds. The van der Waals surface area contributed by atoms with Gasteiger partial charge in [-0.25, -0.2) is 0 Å². The van der Waals surface area contributed by atoms with Gasteiger partial charge in [0.05, 0.1) is 6.54 Å². The first-order chi connectivity index (χ1) is 8.78. The maximum Gasteiger partial charge on any atom is 0.401 e. The van der Waals surface area contributed by atoms with Gasteiger partial charge in [-0.1, -0.05) is 27.7 Å². The molecule has 1 fully saturated rings. The van der Waals surface area contributed by atoms with Gasteiger partial charge < -0.3 is 5.32 Å². The quantitative estimate of drug-likeness (QED) is 0.831. The molecular weight excluding hydrogens is 253 g/mol. The van der Waals surface area contributed by atoms with Crippen molar-refractivity contribution >= 4 is 0 Å². The lowest BCUT2D eigenvalue weighted by Gasteiger charge is -2.46. The summed E-state index contributed by atoms with van der Waals surface area (Å²) in [6, 6.07) is 0.161. The predicted molar refractivity (Wildman–Crippen MR) is 72.1 cm³/mol. The highest BCUT2D eigenvalue weighted by Crippen LogP contribution is 2.33. The number of nitrogens with one attached hydrogen (secondary N) is 1. The highest BCUT2D eigenvalue weighted by molar-refractivity contribution is 4.94. The van der Waals surface area contributed by atoms with E-state index in [1.54, 1.807) is 4.90 Å². The van der Waals surface area contributed by atoms with E-state index in [1.165, 1.54) is 0 Å². The van der Waals surface area contributed by atoms with Crippen LogP contribution in [0.15, 0.2) is 0 Å². The molecule has 0 aromatic carbocycles. The minimum absolute atomic E-state index is 0.0113. The van der Waals surface area contributed by atoms with Crippen LogP contribution in [0, 0.1) is 11.8 Å². The highest BCUT2D eigenvalue weighted by Gasteiger charge is 2.41. The van der Waals surface area contributed by atoms with Gasteiger partial charge >= 0.3 is 6.18 Å². The van der Waals surface area contributed by atoms with Crippen molar-refractivity contribution in [3.63, 3.8) is 0 Å². The Hall–Kier alpha value is -0.290. The van der Waals surface area contributed by atoms with Crippen molar-refractivity contribution < 1.29 is 13.2 Å². The average molecular weight is 280 g/mol.